The molecule has 4 heteroatoms. The van der Waals surface area contributed by atoms with Crippen LogP contribution in [0.3, 0.4) is 0 Å². The van der Waals surface area contributed by atoms with E-state index in [1.807, 2.05) is 0 Å². The lowest BCUT2D eigenvalue weighted by molar-refractivity contribution is 0.431. The van der Waals surface area contributed by atoms with Crippen LogP contribution >= 0.6 is 0 Å². The van der Waals surface area contributed by atoms with Crippen molar-refractivity contribution < 1.29 is 13.9 Å². The van der Waals surface area contributed by atoms with Gasteiger partial charge in [-0.25, -0.2) is 9.18 Å². The number of fused-ring (bicyclic) bond motifs is 1. The Morgan fingerprint density at radius 3 is 2.72 bits per heavy atom. The molecule has 96 valence electrons. The van der Waals surface area contributed by atoms with E-state index in [2.05, 4.69) is 13.8 Å². The smallest absolute Gasteiger partial charge is 0.336 e. The van der Waals surface area contributed by atoms with Crippen molar-refractivity contribution in [1.82, 2.24) is 0 Å². The number of rotatable bonds is 3. The van der Waals surface area contributed by atoms with Gasteiger partial charge in [-0.15, -0.1) is 0 Å². The number of aryl methyl sites for hydroxylation is 1. The summed E-state index contributed by atoms with van der Waals surface area (Å²) in [5.74, 6) is -0.719. The van der Waals surface area contributed by atoms with E-state index >= 15 is 0 Å². The summed E-state index contributed by atoms with van der Waals surface area (Å²) < 4.78 is 18.3. The second-order valence-corrected chi connectivity index (χ2v) is 4.82. The summed E-state index contributed by atoms with van der Waals surface area (Å²) >= 11 is 0. The number of aromatic hydroxyl groups is 1. The molecule has 0 radical (unpaired) electrons. The Balaban J connectivity index is 2.57. The van der Waals surface area contributed by atoms with Crippen LogP contribution in [-0.2, 0) is 6.42 Å². The molecule has 18 heavy (non-hydrogen) atoms. The van der Waals surface area contributed by atoms with Crippen molar-refractivity contribution in [1.29, 1.82) is 0 Å². The maximum Gasteiger partial charge on any atom is 0.336 e. The van der Waals surface area contributed by atoms with Crippen molar-refractivity contribution in [3.05, 3.63) is 40.0 Å². The predicted octanol–water partition coefficient (Wildman–Crippen LogP) is 3.23. The normalized spacial score (nSPS) is 11.3. The second-order valence-electron chi connectivity index (χ2n) is 4.82. The fraction of sp³-hybridized carbons (Fsp3) is 0.357. The molecule has 1 aromatic carbocycles. The third kappa shape index (κ3) is 2.53. The minimum atomic E-state index is -0.706. The van der Waals surface area contributed by atoms with Crippen LogP contribution in [0.2, 0.25) is 0 Å². The molecule has 1 N–H and O–H groups in total. The van der Waals surface area contributed by atoms with Gasteiger partial charge in [0.2, 0.25) is 0 Å². The lowest BCUT2D eigenvalue weighted by Crippen LogP contribution is -2.02. The molecule has 0 fully saturated rings. The minimum absolute atomic E-state index is 0.222. The third-order valence-corrected chi connectivity index (χ3v) is 2.89. The first kappa shape index (κ1) is 12.6. The Morgan fingerprint density at radius 2 is 2.06 bits per heavy atom. The van der Waals surface area contributed by atoms with Crippen LogP contribution in [0.25, 0.3) is 11.0 Å². The molecule has 0 saturated carbocycles. The maximum absolute atomic E-state index is 13.4. The van der Waals surface area contributed by atoms with Gasteiger partial charge in [0.25, 0.3) is 0 Å². The number of phenolic OH excluding ortho intramolecular Hbond substituents is 1. The average molecular weight is 250 g/mol. The van der Waals surface area contributed by atoms with Gasteiger partial charge in [-0.05, 0) is 30.4 Å². The first-order chi connectivity index (χ1) is 8.47. The monoisotopic (exact) mass is 250 g/mol. The van der Waals surface area contributed by atoms with E-state index < -0.39 is 17.2 Å². The van der Waals surface area contributed by atoms with Crippen LogP contribution in [0.5, 0.6) is 5.75 Å². The van der Waals surface area contributed by atoms with Crippen LogP contribution in [-0.4, -0.2) is 5.11 Å². The molecule has 3 nitrogen and oxygen atoms in total. The van der Waals surface area contributed by atoms with Crippen LogP contribution in [0, 0.1) is 11.7 Å². The summed E-state index contributed by atoms with van der Waals surface area (Å²) in [4.78, 5) is 11.4. The van der Waals surface area contributed by atoms with Gasteiger partial charge in [-0.1, -0.05) is 13.8 Å². The minimum Gasteiger partial charge on any atom is -0.505 e. The van der Waals surface area contributed by atoms with Gasteiger partial charge in [-0.2, -0.15) is 0 Å². The number of hydrogen-bond donors (Lipinski definition) is 1. The molecule has 0 aliphatic carbocycles. The van der Waals surface area contributed by atoms with Crippen LogP contribution in [0.1, 0.15) is 25.8 Å². The highest BCUT2D eigenvalue weighted by molar-refractivity contribution is 5.81. The summed E-state index contributed by atoms with van der Waals surface area (Å²) in [7, 11) is 0. The highest BCUT2D eigenvalue weighted by Crippen LogP contribution is 2.26. The topological polar surface area (TPSA) is 50.4 Å². The van der Waals surface area contributed by atoms with Gasteiger partial charge in [0, 0.05) is 17.5 Å². The number of hydrogen-bond acceptors (Lipinski definition) is 3. The van der Waals surface area contributed by atoms with Crippen LogP contribution in [0.4, 0.5) is 4.39 Å². The molecule has 1 heterocycles. The van der Waals surface area contributed by atoms with Crippen LogP contribution in [0.15, 0.2) is 27.4 Å². The van der Waals surface area contributed by atoms with Crippen molar-refractivity contribution in [3.63, 3.8) is 0 Å². The van der Waals surface area contributed by atoms with Crippen molar-refractivity contribution in [2.45, 2.75) is 26.7 Å². The zero-order valence-corrected chi connectivity index (χ0v) is 10.4. The lowest BCUT2D eigenvalue weighted by Gasteiger charge is -2.08. The predicted molar refractivity (Wildman–Crippen MR) is 67.3 cm³/mol. The summed E-state index contributed by atoms with van der Waals surface area (Å²) in [6, 6.07) is 3.75. The Morgan fingerprint density at radius 1 is 1.33 bits per heavy atom. The van der Waals surface area contributed by atoms with Gasteiger partial charge < -0.3 is 9.52 Å². The van der Waals surface area contributed by atoms with E-state index in [0.29, 0.717) is 17.7 Å². The maximum atomic E-state index is 13.4. The highest BCUT2D eigenvalue weighted by Gasteiger charge is 2.10. The molecule has 0 aliphatic rings. The largest absolute Gasteiger partial charge is 0.505 e. The highest BCUT2D eigenvalue weighted by atomic mass is 19.1. The first-order valence-electron chi connectivity index (χ1n) is 5.92. The summed E-state index contributed by atoms with van der Waals surface area (Å²) in [5.41, 5.74) is 0.501. The number of benzene rings is 1. The second kappa shape index (κ2) is 4.80. The number of halogens is 1. The molecule has 0 amide bonds. The molecule has 0 aliphatic heterocycles. The Kier molecular flexibility index (Phi) is 3.36. The van der Waals surface area contributed by atoms with E-state index in [1.54, 1.807) is 0 Å². The van der Waals surface area contributed by atoms with Gasteiger partial charge in [0.1, 0.15) is 5.58 Å². The molecule has 0 spiro atoms. The Hall–Kier alpha value is -1.84. The van der Waals surface area contributed by atoms with E-state index in [4.69, 9.17) is 4.42 Å². The van der Waals surface area contributed by atoms with Crippen molar-refractivity contribution in [2.24, 2.45) is 5.92 Å². The molecular formula is C14H15FO3. The summed E-state index contributed by atoms with van der Waals surface area (Å²) in [5, 5.41) is 9.83. The van der Waals surface area contributed by atoms with Crippen molar-refractivity contribution in [2.75, 3.05) is 0 Å². The zero-order chi connectivity index (χ0) is 13.3. The van der Waals surface area contributed by atoms with Gasteiger partial charge >= 0.3 is 5.63 Å². The van der Waals surface area contributed by atoms with Gasteiger partial charge in [-0.3, -0.25) is 0 Å². The third-order valence-electron chi connectivity index (χ3n) is 2.89. The fourth-order valence-corrected chi connectivity index (χ4v) is 1.89. The van der Waals surface area contributed by atoms with Crippen LogP contribution < -0.4 is 5.63 Å². The first-order valence-corrected chi connectivity index (χ1v) is 5.92. The Labute approximate surface area is 104 Å². The molecule has 0 bridgehead atoms. The van der Waals surface area contributed by atoms with Gasteiger partial charge in [0.15, 0.2) is 11.6 Å². The molecule has 0 unspecified atom stereocenters. The molecule has 2 rings (SSSR count). The van der Waals surface area contributed by atoms with E-state index in [-0.39, 0.29) is 5.58 Å². The SMILES string of the molecule is CC(C)CCc1cc(=O)oc2cc(O)c(F)cc12. The Bertz CT molecular complexity index is 629. The molecule has 2 aromatic rings. The number of phenols is 1. The summed E-state index contributed by atoms with van der Waals surface area (Å²) in [6.07, 6.45) is 1.59. The molecule has 0 atom stereocenters. The fourth-order valence-electron chi connectivity index (χ4n) is 1.89. The summed E-state index contributed by atoms with van der Waals surface area (Å²) in [6.45, 7) is 4.17. The van der Waals surface area contributed by atoms with E-state index in [0.717, 1.165) is 18.1 Å². The molecule has 0 saturated heterocycles. The average Bonchev–Trinajstić information content (AvgIpc) is 2.28. The lowest BCUT2D eigenvalue weighted by atomic mass is 10.00. The molecule has 1 aromatic heterocycles. The quantitative estimate of drug-likeness (QED) is 0.851. The standard InChI is InChI=1S/C14H15FO3/c1-8(2)3-4-9-5-14(17)18-13-7-12(16)11(15)6-10(9)13/h5-8,16H,3-4H2,1-2H3. The van der Waals surface area contributed by atoms with Gasteiger partial charge in [0.05, 0.1) is 0 Å². The van der Waals surface area contributed by atoms with E-state index in [1.165, 1.54) is 12.1 Å². The van der Waals surface area contributed by atoms with E-state index in [9.17, 15) is 14.3 Å². The van der Waals surface area contributed by atoms with Crippen molar-refractivity contribution in [3.8, 4) is 5.75 Å². The molecular weight excluding hydrogens is 235 g/mol. The zero-order valence-electron chi connectivity index (χ0n) is 10.4. The van der Waals surface area contributed by atoms with Crippen molar-refractivity contribution >= 4 is 11.0 Å².